The van der Waals surface area contributed by atoms with Gasteiger partial charge in [-0.25, -0.2) is 0 Å². The summed E-state index contributed by atoms with van der Waals surface area (Å²) in [6, 6.07) is 9.86. The van der Waals surface area contributed by atoms with Crippen molar-refractivity contribution in [1.82, 2.24) is 9.78 Å². The molecule has 0 aliphatic rings. The van der Waals surface area contributed by atoms with E-state index in [9.17, 15) is 5.11 Å². The van der Waals surface area contributed by atoms with E-state index >= 15 is 0 Å². The van der Waals surface area contributed by atoms with E-state index in [1.54, 1.807) is 0 Å². The first-order valence-corrected chi connectivity index (χ1v) is 7.54. The first kappa shape index (κ1) is 16.0. The molecule has 114 valence electrons. The summed E-state index contributed by atoms with van der Waals surface area (Å²) >= 11 is 6.39. The molecule has 1 aromatic heterocycles. The highest BCUT2D eigenvalue weighted by atomic mass is 35.5. The Labute approximate surface area is 130 Å². The van der Waals surface area contributed by atoms with Gasteiger partial charge in [-0.3, -0.25) is 4.68 Å². The van der Waals surface area contributed by atoms with Crippen molar-refractivity contribution >= 4 is 11.6 Å². The fourth-order valence-corrected chi connectivity index (χ4v) is 2.86. The maximum atomic E-state index is 10.00. The van der Waals surface area contributed by atoms with Crippen molar-refractivity contribution in [3.8, 4) is 0 Å². The summed E-state index contributed by atoms with van der Waals surface area (Å²) in [6.07, 6.45) is 0.567. The van der Waals surface area contributed by atoms with Crippen molar-refractivity contribution in [3.63, 3.8) is 0 Å². The van der Waals surface area contributed by atoms with E-state index in [2.05, 4.69) is 5.10 Å². The molecule has 1 heterocycles. The molecule has 1 aromatic carbocycles. The van der Waals surface area contributed by atoms with Crippen LogP contribution in [-0.2, 0) is 18.4 Å². The third kappa shape index (κ3) is 2.98. The lowest BCUT2D eigenvalue weighted by Crippen LogP contribution is -2.41. The summed E-state index contributed by atoms with van der Waals surface area (Å²) in [5, 5.41) is 15.1. The Balaban J connectivity index is 2.46. The molecular weight excluding hydrogens is 286 g/mol. The van der Waals surface area contributed by atoms with Crippen LogP contribution in [0.15, 0.2) is 30.3 Å². The van der Waals surface area contributed by atoms with E-state index in [0.717, 1.165) is 23.5 Å². The summed E-state index contributed by atoms with van der Waals surface area (Å²) in [7, 11) is 0. The van der Waals surface area contributed by atoms with Gasteiger partial charge in [0.2, 0.25) is 0 Å². The monoisotopic (exact) mass is 307 g/mol. The Morgan fingerprint density at radius 3 is 2.52 bits per heavy atom. The lowest BCUT2D eigenvalue weighted by atomic mass is 9.77. The van der Waals surface area contributed by atoms with Gasteiger partial charge < -0.3 is 10.8 Å². The van der Waals surface area contributed by atoms with E-state index in [-0.39, 0.29) is 6.61 Å². The number of aliphatic hydroxyl groups excluding tert-OH is 1. The first-order valence-electron chi connectivity index (χ1n) is 7.16. The van der Waals surface area contributed by atoms with Crippen LogP contribution in [0.1, 0.15) is 23.9 Å². The van der Waals surface area contributed by atoms with Gasteiger partial charge >= 0.3 is 0 Å². The van der Waals surface area contributed by atoms with Crippen molar-refractivity contribution < 1.29 is 5.11 Å². The van der Waals surface area contributed by atoms with Crippen molar-refractivity contribution in [2.75, 3.05) is 13.2 Å². The van der Waals surface area contributed by atoms with Crippen LogP contribution in [0, 0.1) is 6.92 Å². The van der Waals surface area contributed by atoms with Crippen LogP contribution < -0.4 is 5.73 Å². The Morgan fingerprint density at radius 2 is 2.00 bits per heavy atom. The Bertz CT molecular complexity index is 591. The number of hydrogen-bond donors (Lipinski definition) is 2. The third-order valence-electron chi connectivity index (χ3n) is 4.04. The molecule has 5 heteroatoms. The van der Waals surface area contributed by atoms with Gasteiger partial charge in [0.25, 0.3) is 0 Å². The average molecular weight is 308 g/mol. The van der Waals surface area contributed by atoms with Crippen LogP contribution in [-0.4, -0.2) is 28.0 Å². The van der Waals surface area contributed by atoms with Gasteiger partial charge in [0.15, 0.2) is 0 Å². The highest BCUT2D eigenvalue weighted by Gasteiger charge is 2.33. The van der Waals surface area contributed by atoms with Crippen LogP contribution >= 0.6 is 11.6 Å². The Morgan fingerprint density at radius 1 is 1.33 bits per heavy atom. The topological polar surface area (TPSA) is 64.1 Å². The molecule has 2 aromatic rings. The Hall–Kier alpha value is -1.36. The lowest BCUT2D eigenvalue weighted by molar-refractivity contribution is 0.194. The van der Waals surface area contributed by atoms with Crippen LogP contribution in [0.5, 0.6) is 0 Å². The van der Waals surface area contributed by atoms with Crippen molar-refractivity contribution in [2.45, 2.75) is 32.2 Å². The van der Waals surface area contributed by atoms with Crippen LogP contribution in [0.3, 0.4) is 0 Å². The van der Waals surface area contributed by atoms with E-state index in [4.69, 9.17) is 17.3 Å². The fourth-order valence-electron chi connectivity index (χ4n) is 2.65. The zero-order valence-corrected chi connectivity index (χ0v) is 13.3. The van der Waals surface area contributed by atoms with Gasteiger partial charge in [0.1, 0.15) is 0 Å². The third-order valence-corrected chi connectivity index (χ3v) is 4.53. The Kier molecular flexibility index (Phi) is 5.04. The van der Waals surface area contributed by atoms with Gasteiger partial charge in [-0.1, -0.05) is 41.9 Å². The number of nitrogens with two attached hydrogens (primary N) is 1. The molecule has 0 aliphatic heterocycles. The van der Waals surface area contributed by atoms with Crippen molar-refractivity contribution in [3.05, 3.63) is 52.3 Å². The van der Waals surface area contributed by atoms with E-state index in [1.807, 2.05) is 48.9 Å². The second-order valence-electron chi connectivity index (χ2n) is 5.35. The maximum Gasteiger partial charge on any atom is 0.0847 e. The maximum absolute atomic E-state index is 10.00. The molecular formula is C16H22ClN3O. The normalized spacial score (nSPS) is 14.1. The summed E-state index contributed by atoms with van der Waals surface area (Å²) < 4.78 is 1.89. The second kappa shape index (κ2) is 6.60. The summed E-state index contributed by atoms with van der Waals surface area (Å²) in [5.74, 6) is 0. The van der Waals surface area contributed by atoms with Crippen molar-refractivity contribution in [2.24, 2.45) is 5.73 Å². The molecule has 4 nitrogen and oxygen atoms in total. The molecule has 0 fully saturated rings. The van der Waals surface area contributed by atoms with Crippen LogP contribution in [0.25, 0.3) is 0 Å². The van der Waals surface area contributed by atoms with E-state index in [1.165, 1.54) is 0 Å². The number of rotatable bonds is 6. The molecule has 0 bridgehead atoms. The van der Waals surface area contributed by atoms with Gasteiger partial charge in [0.05, 0.1) is 23.0 Å². The highest BCUT2D eigenvalue weighted by Crippen LogP contribution is 2.31. The predicted octanol–water partition coefficient (Wildman–Crippen LogP) is 2.30. The fraction of sp³-hybridized carbons (Fsp3) is 0.438. The molecule has 1 unspecified atom stereocenters. The predicted molar refractivity (Wildman–Crippen MR) is 85.6 cm³/mol. The van der Waals surface area contributed by atoms with Gasteiger partial charge in [-0.05, 0) is 19.4 Å². The van der Waals surface area contributed by atoms with Crippen LogP contribution in [0.4, 0.5) is 0 Å². The zero-order chi connectivity index (χ0) is 15.5. The molecule has 0 saturated heterocycles. The molecule has 21 heavy (non-hydrogen) atoms. The zero-order valence-electron chi connectivity index (χ0n) is 12.5. The summed E-state index contributed by atoms with van der Waals surface area (Å²) in [5.41, 5.74) is 8.24. The molecule has 3 N–H and O–H groups in total. The number of aromatic nitrogens is 2. The van der Waals surface area contributed by atoms with Crippen LogP contribution in [0.2, 0.25) is 5.02 Å². The largest absolute Gasteiger partial charge is 0.395 e. The lowest BCUT2D eigenvalue weighted by Gasteiger charge is -2.31. The molecule has 0 saturated carbocycles. The SMILES string of the molecule is CCn1nc(C)c(Cl)c1CC(CN)(CO)c1ccccc1. The summed E-state index contributed by atoms with van der Waals surface area (Å²) in [6.45, 7) is 4.97. The average Bonchev–Trinajstić information content (AvgIpc) is 2.80. The molecule has 2 rings (SSSR count). The first-order chi connectivity index (χ1) is 10.1. The number of halogens is 1. The summed E-state index contributed by atoms with van der Waals surface area (Å²) in [4.78, 5) is 0. The number of nitrogens with zero attached hydrogens (tertiary/aromatic N) is 2. The molecule has 0 amide bonds. The molecule has 0 radical (unpaired) electrons. The van der Waals surface area contributed by atoms with Gasteiger partial charge in [0, 0.05) is 24.9 Å². The molecule has 1 atom stereocenters. The highest BCUT2D eigenvalue weighted by molar-refractivity contribution is 6.31. The van der Waals surface area contributed by atoms with Gasteiger partial charge in [-0.15, -0.1) is 0 Å². The molecule has 0 aliphatic carbocycles. The number of aliphatic hydroxyl groups is 1. The van der Waals surface area contributed by atoms with E-state index < -0.39 is 5.41 Å². The second-order valence-corrected chi connectivity index (χ2v) is 5.73. The minimum atomic E-state index is -0.537. The van der Waals surface area contributed by atoms with Crippen molar-refractivity contribution in [1.29, 1.82) is 0 Å². The number of aryl methyl sites for hydroxylation is 2. The minimum absolute atomic E-state index is 0.0300. The number of benzene rings is 1. The standard InChI is InChI=1S/C16H22ClN3O/c1-3-20-14(15(17)12(2)19-20)9-16(10-18,11-21)13-7-5-4-6-8-13/h4-8,21H,3,9-11,18H2,1-2H3. The van der Waals surface area contributed by atoms with E-state index in [0.29, 0.717) is 18.0 Å². The minimum Gasteiger partial charge on any atom is -0.395 e. The number of hydrogen-bond acceptors (Lipinski definition) is 3. The quantitative estimate of drug-likeness (QED) is 0.860. The smallest absolute Gasteiger partial charge is 0.0847 e. The van der Waals surface area contributed by atoms with Gasteiger partial charge in [-0.2, -0.15) is 5.10 Å². The molecule has 0 spiro atoms.